The molecule has 0 spiro atoms. The van der Waals surface area contributed by atoms with E-state index in [0.29, 0.717) is 40.0 Å². The lowest BCUT2D eigenvalue weighted by molar-refractivity contribution is -0.712. The summed E-state index contributed by atoms with van der Waals surface area (Å²) in [5, 5.41) is 21.3. The average Bonchev–Trinajstić information content (AvgIpc) is 3.17. The minimum atomic E-state index is -0.204. The highest BCUT2D eigenvalue weighted by Gasteiger charge is 2.24. The van der Waals surface area contributed by atoms with Crippen molar-refractivity contribution in [3.63, 3.8) is 0 Å². The summed E-state index contributed by atoms with van der Waals surface area (Å²) in [6.45, 7) is 12.1. The molecular weight excluding hydrogens is 474 g/mol. The highest BCUT2D eigenvalue weighted by Crippen LogP contribution is 2.39. The molecule has 0 bridgehead atoms. The number of methoxy groups -OCH3 is 1. The van der Waals surface area contributed by atoms with Crippen LogP contribution in [0.3, 0.4) is 0 Å². The molecule has 0 radical (unpaired) electrons. The molecule has 1 aromatic heterocycles. The van der Waals surface area contributed by atoms with Gasteiger partial charge >= 0.3 is 5.13 Å². The van der Waals surface area contributed by atoms with Crippen molar-refractivity contribution in [1.82, 2.24) is 5.10 Å². The lowest BCUT2D eigenvalue weighted by Crippen LogP contribution is -2.39. The first-order valence-corrected chi connectivity index (χ1v) is 12.9. The number of azo groups is 1. The van der Waals surface area contributed by atoms with Gasteiger partial charge in [-0.1, -0.05) is 24.2 Å². The molecule has 0 atom stereocenters. The van der Waals surface area contributed by atoms with Crippen molar-refractivity contribution in [3.05, 3.63) is 42.0 Å². The van der Waals surface area contributed by atoms with Gasteiger partial charge in [-0.05, 0) is 74.3 Å². The molecule has 3 aromatic rings. The van der Waals surface area contributed by atoms with Crippen LogP contribution in [-0.4, -0.2) is 30.2 Å². The van der Waals surface area contributed by atoms with Gasteiger partial charge in [0, 0.05) is 30.8 Å². The number of hydrogen-bond donors (Lipinski definition) is 2. The van der Waals surface area contributed by atoms with Crippen molar-refractivity contribution in [2.24, 2.45) is 17.3 Å². The fourth-order valence-corrected chi connectivity index (χ4v) is 4.96. The lowest BCUT2D eigenvalue weighted by atomic mass is 10.1. The van der Waals surface area contributed by atoms with Gasteiger partial charge in [0.1, 0.15) is 18.5 Å². The van der Waals surface area contributed by atoms with E-state index < -0.39 is 0 Å². The maximum atomic E-state index is 11.9. The van der Waals surface area contributed by atoms with Gasteiger partial charge in [0.25, 0.3) is 0 Å². The van der Waals surface area contributed by atoms with E-state index in [-0.39, 0.29) is 5.91 Å². The SMILES string of the molecule is CCc1ccc(Nc2cc(NC(C)=O)c(N=Nc3sc(N(C(C)C)C(C)C)n[n+]3C)cc2OC)cc1. The van der Waals surface area contributed by atoms with Gasteiger partial charge in [0.15, 0.2) is 0 Å². The molecule has 0 saturated carbocycles. The summed E-state index contributed by atoms with van der Waals surface area (Å²) in [5.74, 6) is 0.378. The number of benzene rings is 2. The van der Waals surface area contributed by atoms with Crippen molar-refractivity contribution < 1.29 is 14.2 Å². The molecule has 0 saturated heterocycles. The summed E-state index contributed by atoms with van der Waals surface area (Å²) in [6, 6.07) is 12.4. The number of amides is 1. The van der Waals surface area contributed by atoms with Gasteiger partial charge in [0.05, 0.1) is 23.6 Å². The molecule has 10 heteroatoms. The van der Waals surface area contributed by atoms with E-state index >= 15 is 0 Å². The standard InChI is InChI=1S/C26H35N7O2S/c1-9-19-10-12-20(13-11-19)28-23-14-21(27-18(6)34)22(15-24(23)35-8)29-30-25-32(7)31-26(36-25)33(16(2)3)17(4)5/h10-17H,9H2,1-8H3,(H,27,28,34)/p+1. The van der Waals surface area contributed by atoms with E-state index in [2.05, 4.69) is 77.6 Å². The summed E-state index contributed by atoms with van der Waals surface area (Å²) >= 11 is 1.47. The van der Waals surface area contributed by atoms with Crippen molar-refractivity contribution in [2.75, 3.05) is 22.6 Å². The summed E-state index contributed by atoms with van der Waals surface area (Å²) in [5.41, 5.74) is 3.88. The number of hydrogen-bond acceptors (Lipinski definition) is 8. The molecule has 0 aliphatic carbocycles. The fourth-order valence-electron chi connectivity index (χ4n) is 3.85. The Morgan fingerprint density at radius 3 is 2.33 bits per heavy atom. The van der Waals surface area contributed by atoms with Crippen LogP contribution >= 0.6 is 11.3 Å². The molecule has 0 fully saturated rings. The molecular formula is C26H36N7O2S+. The Labute approximate surface area is 217 Å². The molecule has 192 valence electrons. The van der Waals surface area contributed by atoms with E-state index in [4.69, 9.17) is 4.74 Å². The van der Waals surface area contributed by atoms with Crippen LogP contribution in [0.25, 0.3) is 0 Å². The van der Waals surface area contributed by atoms with Crippen molar-refractivity contribution >= 4 is 50.3 Å². The second kappa shape index (κ2) is 11.9. The number of anilines is 4. The van der Waals surface area contributed by atoms with Crippen LogP contribution in [0.15, 0.2) is 46.6 Å². The number of nitrogens with one attached hydrogen (secondary N) is 2. The van der Waals surface area contributed by atoms with Crippen LogP contribution < -0.4 is 25.0 Å². The van der Waals surface area contributed by atoms with Gasteiger partial charge in [-0.25, -0.2) is 0 Å². The highest BCUT2D eigenvalue weighted by atomic mass is 32.1. The Morgan fingerprint density at radius 2 is 1.78 bits per heavy atom. The molecule has 9 nitrogen and oxygen atoms in total. The van der Waals surface area contributed by atoms with Gasteiger partial charge in [-0.3, -0.25) is 4.79 Å². The molecule has 1 amide bonds. The van der Waals surface area contributed by atoms with Crippen LogP contribution in [0.4, 0.5) is 33.0 Å². The Kier molecular flexibility index (Phi) is 8.98. The third-order valence-corrected chi connectivity index (χ3v) is 6.54. The van der Waals surface area contributed by atoms with Crippen LogP contribution in [0, 0.1) is 0 Å². The van der Waals surface area contributed by atoms with Crippen LogP contribution in [-0.2, 0) is 18.3 Å². The zero-order chi connectivity index (χ0) is 26.4. The second-order valence-electron chi connectivity index (χ2n) is 9.01. The van der Waals surface area contributed by atoms with Crippen molar-refractivity contribution in [2.45, 2.75) is 60.0 Å². The molecule has 2 aromatic carbocycles. The number of carbonyl (C=O) groups is 1. The third-order valence-electron chi connectivity index (χ3n) is 5.54. The molecule has 0 aliphatic heterocycles. The molecule has 0 aliphatic rings. The Balaban J connectivity index is 1.97. The number of aryl methyl sites for hydroxylation is 2. The number of aromatic nitrogens is 2. The quantitative estimate of drug-likeness (QED) is 0.247. The summed E-state index contributed by atoms with van der Waals surface area (Å²) < 4.78 is 7.34. The minimum absolute atomic E-state index is 0.204. The predicted molar refractivity (Wildman–Crippen MR) is 147 cm³/mol. The smallest absolute Gasteiger partial charge is 0.431 e. The van der Waals surface area contributed by atoms with Gasteiger partial charge in [0.2, 0.25) is 11.0 Å². The van der Waals surface area contributed by atoms with Crippen molar-refractivity contribution in [1.29, 1.82) is 0 Å². The zero-order valence-corrected chi connectivity index (χ0v) is 23.1. The Bertz CT molecular complexity index is 1210. The zero-order valence-electron chi connectivity index (χ0n) is 22.3. The first-order chi connectivity index (χ1) is 17.1. The van der Waals surface area contributed by atoms with Crippen molar-refractivity contribution in [3.8, 4) is 5.75 Å². The maximum Gasteiger partial charge on any atom is 0.431 e. The number of ether oxygens (including phenoxy) is 1. The third kappa shape index (κ3) is 6.57. The Hall–Kier alpha value is -3.53. The highest BCUT2D eigenvalue weighted by molar-refractivity contribution is 7.18. The van der Waals surface area contributed by atoms with Crippen LogP contribution in [0.1, 0.15) is 47.1 Å². The lowest BCUT2D eigenvalue weighted by Gasteiger charge is -2.28. The number of nitrogens with zero attached hydrogens (tertiary/aromatic N) is 5. The van der Waals surface area contributed by atoms with Gasteiger partial charge in [-0.2, -0.15) is 0 Å². The number of carbonyl (C=O) groups excluding carboxylic acids is 1. The first kappa shape index (κ1) is 27.1. The molecule has 1 heterocycles. The Morgan fingerprint density at radius 1 is 1.11 bits per heavy atom. The molecule has 2 N–H and O–H groups in total. The summed E-state index contributed by atoms with van der Waals surface area (Å²) in [6.07, 6.45) is 0.974. The van der Waals surface area contributed by atoms with E-state index in [0.717, 1.165) is 17.2 Å². The second-order valence-corrected chi connectivity index (χ2v) is 9.95. The molecule has 0 unspecified atom stereocenters. The normalized spacial score (nSPS) is 11.4. The monoisotopic (exact) mass is 510 g/mol. The fraction of sp³-hybridized carbons (Fsp3) is 0.423. The minimum Gasteiger partial charge on any atom is -0.494 e. The van der Waals surface area contributed by atoms with E-state index in [9.17, 15) is 4.79 Å². The van der Waals surface area contributed by atoms with Gasteiger partial charge < -0.3 is 20.3 Å². The molecule has 36 heavy (non-hydrogen) atoms. The number of rotatable bonds is 10. The summed E-state index contributed by atoms with van der Waals surface area (Å²) in [7, 11) is 3.45. The largest absolute Gasteiger partial charge is 0.494 e. The van der Waals surface area contributed by atoms with Gasteiger partial charge in [-0.15, -0.1) is 4.68 Å². The topological polar surface area (TPSA) is 95.1 Å². The van der Waals surface area contributed by atoms with Crippen LogP contribution in [0.5, 0.6) is 5.75 Å². The maximum absolute atomic E-state index is 11.9. The summed E-state index contributed by atoms with van der Waals surface area (Å²) in [4.78, 5) is 14.2. The van der Waals surface area contributed by atoms with Crippen LogP contribution in [0.2, 0.25) is 0 Å². The van der Waals surface area contributed by atoms with E-state index in [1.807, 2.05) is 19.2 Å². The average molecular weight is 511 g/mol. The first-order valence-electron chi connectivity index (χ1n) is 12.1. The van der Waals surface area contributed by atoms with E-state index in [1.165, 1.54) is 23.8 Å². The van der Waals surface area contributed by atoms with E-state index in [1.54, 1.807) is 23.9 Å². The molecule has 3 rings (SSSR count). The predicted octanol–water partition coefficient (Wildman–Crippen LogP) is 6.28.